The number of aromatic nitrogens is 2. The molecule has 1 aromatic carbocycles. The molecule has 0 fully saturated rings. The molecule has 1 aromatic heterocycles. The van der Waals surface area contributed by atoms with Gasteiger partial charge < -0.3 is 4.74 Å². The van der Waals surface area contributed by atoms with Crippen LogP contribution in [0, 0.1) is 0 Å². The fourth-order valence-electron chi connectivity index (χ4n) is 1.50. The zero-order valence-corrected chi connectivity index (χ0v) is 11.0. The summed E-state index contributed by atoms with van der Waals surface area (Å²) < 4.78 is 6.99. The Morgan fingerprint density at radius 1 is 1.56 bits per heavy atom. The molecule has 0 saturated carbocycles. The summed E-state index contributed by atoms with van der Waals surface area (Å²) in [5, 5.41) is 5.17. The number of hydrogen-bond acceptors (Lipinski definition) is 3. The van der Waals surface area contributed by atoms with Crippen LogP contribution in [0.5, 0.6) is 0 Å². The van der Waals surface area contributed by atoms with Gasteiger partial charge in [0.15, 0.2) is 5.15 Å². The van der Waals surface area contributed by atoms with Crippen molar-refractivity contribution in [1.82, 2.24) is 9.78 Å². The molecule has 0 N–H and O–H groups in total. The fraction of sp³-hybridized carbons (Fsp3) is 0.200. The molecule has 1 heterocycles. The van der Waals surface area contributed by atoms with Crippen LogP contribution in [0.4, 0.5) is 0 Å². The van der Waals surface area contributed by atoms with Crippen molar-refractivity contribution in [3.05, 3.63) is 27.3 Å². The first-order valence-electron chi connectivity index (χ1n) is 4.44. The van der Waals surface area contributed by atoms with E-state index >= 15 is 0 Å². The summed E-state index contributed by atoms with van der Waals surface area (Å²) in [5.41, 5.74) is 1.29. The van der Waals surface area contributed by atoms with E-state index in [0.717, 1.165) is 10.9 Å². The van der Waals surface area contributed by atoms with Gasteiger partial charge in [-0.05, 0) is 28.1 Å². The van der Waals surface area contributed by atoms with E-state index in [4.69, 9.17) is 11.6 Å². The van der Waals surface area contributed by atoms with E-state index in [-0.39, 0.29) is 0 Å². The van der Waals surface area contributed by atoms with Crippen molar-refractivity contribution in [1.29, 1.82) is 0 Å². The number of fused-ring (bicyclic) bond motifs is 1. The maximum absolute atomic E-state index is 11.5. The Labute approximate surface area is 105 Å². The van der Waals surface area contributed by atoms with E-state index in [0.29, 0.717) is 15.2 Å². The van der Waals surface area contributed by atoms with Crippen molar-refractivity contribution in [3.63, 3.8) is 0 Å². The molecule has 0 aliphatic heterocycles. The Morgan fingerprint density at radius 2 is 2.25 bits per heavy atom. The topological polar surface area (TPSA) is 44.1 Å². The van der Waals surface area contributed by atoms with Crippen molar-refractivity contribution in [3.8, 4) is 0 Å². The molecule has 0 amide bonds. The molecular formula is C10H8BrClN2O2. The van der Waals surface area contributed by atoms with Gasteiger partial charge in [-0.15, -0.1) is 0 Å². The molecule has 2 rings (SSSR count). The number of halogens is 2. The van der Waals surface area contributed by atoms with Crippen LogP contribution in [0.2, 0.25) is 5.15 Å². The fourth-order valence-corrected chi connectivity index (χ4v) is 2.26. The third-order valence-electron chi connectivity index (χ3n) is 2.30. The SMILES string of the molecule is COC(=O)c1cc2c(Cl)nn(C)c2cc1Br. The number of carbonyl (C=O) groups excluding carboxylic acids is 1. The predicted molar refractivity (Wildman–Crippen MR) is 64.8 cm³/mol. The lowest BCUT2D eigenvalue weighted by molar-refractivity contribution is 0.0600. The van der Waals surface area contributed by atoms with Gasteiger partial charge in [0, 0.05) is 16.9 Å². The van der Waals surface area contributed by atoms with Crippen LogP contribution in [-0.4, -0.2) is 22.9 Å². The summed E-state index contributed by atoms with van der Waals surface area (Å²) in [6.07, 6.45) is 0. The van der Waals surface area contributed by atoms with E-state index in [1.807, 2.05) is 0 Å². The second kappa shape index (κ2) is 4.07. The quantitative estimate of drug-likeness (QED) is 0.761. The van der Waals surface area contributed by atoms with Crippen LogP contribution in [0.1, 0.15) is 10.4 Å². The summed E-state index contributed by atoms with van der Waals surface area (Å²) in [7, 11) is 3.13. The Morgan fingerprint density at radius 3 is 2.88 bits per heavy atom. The minimum atomic E-state index is -0.409. The number of rotatable bonds is 1. The van der Waals surface area contributed by atoms with Gasteiger partial charge in [0.05, 0.1) is 18.2 Å². The molecule has 0 atom stereocenters. The second-order valence-electron chi connectivity index (χ2n) is 3.26. The van der Waals surface area contributed by atoms with Crippen LogP contribution in [-0.2, 0) is 11.8 Å². The highest BCUT2D eigenvalue weighted by Gasteiger charge is 2.15. The molecule has 4 nitrogen and oxygen atoms in total. The monoisotopic (exact) mass is 302 g/mol. The highest BCUT2D eigenvalue weighted by atomic mass is 79.9. The molecule has 6 heteroatoms. The van der Waals surface area contributed by atoms with Crippen molar-refractivity contribution in [2.24, 2.45) is 7.05 Å². The molecule has 84 valence electrons. The zero-order valence-electron chi connectivity index (χ0n) is 8.62. The average molecular weight is 304 g/mol. The van der Waals surface area contributed by atoms with Crippen LogP contribution < -0.4 is 0 Å². The molecule has 0 bridgehead atoms. The van der Waals surface area contributed by atoms with Gasteiger partial charge in [0.2, 0.25) is 0 Å². The zero-order chi connectivity index (χ0) is 11.9. The Balaban J connectivity index is 2.75. The van der Waals surface area contributed by atoms with Crippen LogP contribution >= 0.6 is 27.5 Å². The Hall–Kier alpha value is -1.07. The summed E-state index contributed by atoms with van der Waals surface area (Å²) >= 11 is 9.27. The number of ether oxygens (including phenoxy) is 1. The normalized spacial score (nSPS) is 10.8. The standard InChI is InChI=1S/C10H8BrClN2O2/c1-14-8-4-7(11)5(10(15)16-2)3-6(8)9(12)13-14/h3-4H,1-2H3. The van der Waals surface area contributed by atoms with Crippen LogP contribution in [0.15, 0.2) is 16.6 Å². The number of carbonyl (C=O) groups is 1. The molecule has 0 radical (unpaired) electrons. The maximum atomic E-state index is 11.5. The van der Waals surface area contributed by atoms with E-state index in [2.05, 4.69) is 25.8 Å². The van der Waals surface area contributed by atoms with Gasteiger partial charge in [-0.3, -0.25) is 4.68 Å². The first-order valence-corrected chi connectivity index (χ1v) is 5.61. The van der Waals surface area contributed by atoms with Crippen LogP contribution in [0.3, 0.4) is 0 Å². The lowest BCUT2D eigenvalue weighted by Crippen LogP contribution is -2.02. The number of aryl methyl sites for hydroxylation is 1. The molecule has 0 aliphatic carbocycles. The highest BCUT2D eigenvalue weighted by molar-refractivity contribution is 9.10. The van der Waals surface area contributed by atoms with Crippen molar-refractivity contribution in [2.75, 3.05) is 7.11 Å². The number of benzene rings is 1. The molecule has 2 aromatic rings. The van der Waals surface area contributed by atoms with E-state index in [1.165, 1.54) is 7.11 Å². The predicted octanol–water partition coefficient (Wildman–Crippen LogP) is 2.78. The van der Waals surface area contributed by atoms with Gasteiger partial charge in [0.25, 0.3) is 0 Å². The van der Waals surface area contributed by atoms with Gasteiger partial charge in [-0.2, -0.15) is 5.10 Å². The van der Waals surface area contributed by atoms with E-state index in [1.54, 1.807) is 23.9 Å². The number of methoxy groups -OCH3 is 1. The molecule has 0 unspecified atom stereocenters. The highest BCUT2D eigenvalue weighted by Crippen LogP contribution is 2.29. The second-order valence-corrected chi connectivity index (χ2v) is 4.47. The smallest absolute Gasteiger partial charge is 0.339 e. The first kappa shape index (κ1) is 11.4. The largest absolute Gasteiger partial charge is 0.465 e. The van der Waals surface area contributed by atoms with E-state index < -0.39 is 5.97 Å². The van der Waals surface area contributed by atoms with Gasteiger partial charge in [0.1, 0.15) is 0 Å². The molecule has 0 aliphatic rings. The van der Waals surface area contributed by atoms with Crippen molar-refractivity contribution in [2.45, 2.75) is 0 Å². The molecule has 0 spiro atoms. The lowest BCUT2D eigenvalue weighted by Gasteiger charge is -2.03. The lowest BCUT2D eigenvalue weighted by atomic mass is 10.1. The van der Waals surface area contributed by atoms with Crippen molar-refractivity contribution < 1.29 is 9.53 Å². The van der Waals surface area contributed by atoms with Gasteiger partial charge in [-0.1, -0.05) is 11.6 Å². The maximum Gasteiger partial charge on any atom is 0.339 e. The number of hydrogen-bond donors (Lipinski definition) is 0. The van der Waals surface area contributed by atoms with Gasteiger partial charge >= 0.3 is 5.97 Å². The third-order valence-corrected chi connectivity index (χ3v) is 3.23. The third kappa shape index (κ3) is 1.70. The summed E-state index contributed by atoms with van der Waals surface area (Å²) in [6.45, 7) is 0. The number of esters is 1. The first-order chi connectivity index (χ1) is 7.54. The average Bonchev–Trinajstić information content (AvgIpc) is 2.52. The van der Waals surface area contributed by atoms with E-state index in [9.17, 15) is 4.79 Å². The molecule has 0 saturated heterocycles. The minimum Gasteiger partial charge on any atom is -0.465 e. The van der Waals surface area contributed by atoms with Crippen LogP contribution in [0.25, 0.3) is 10.9 Å². The summed E-state index contributed by atoms with van der Waals surface area (Å²) in [6, 6.07) is 3.46. The Kier molecular flexibility index (Phi) is 2.90. The molecule has 16 heavy (non-hydrogen) atoms. The molecular weight excluding hydrogens is 295 g/mol. The van der Waals surface area contributed by atoms with Crippen molar-refractivity contribution >= 4 is 44.4 Å². The van der Waals surface area contributed by atoms with Gasteiger partial charge in [-0.25, -0.2) is 4.79 Å². The Bertz CT molecular complexity index is 580. The summed E-state index contributed by atoms with van der Waals surface area (Å²) in [4.78, 5) is 11.5. The summed E-state index contributed by atoms with van der Waals surface area (Å²) in [5.74, 6) is -0.409. The number of nitrogens with zero attached hydrogens (tertiary/aromatic N) is 2. The minimum absolute atomic E-state index is 0.371.